The van der Waals surface area contributed by atoms with Crippen LogP contribution in [0.15, 0.2) is 0 Å². The SMILES string of the molecule is FC(F)(F)CN(c1nc(Cl)c(CCl)s1)C1CC1. The van der Waals surface area contributed by atoms with E-state index in [0.29, 0.717) is 10.0 Å². The van der Waals surface area contributed by atoms with Crippen LogP contribution in [-0.2, 0) is 5.88 Å². The highest BCUT2D eigenvalue weighted by molar-refractivity contribution is 7.16. The predicted molar refractivity (Wildman–Crippen MR) is 63.1 cm³/mol. The molecule has 1 saturated carbocycles. The summed E-state index contributed by atoms with van der Waals surface area (Å²) in [5, 5.41) is 0.512. The van der Waals surface area contributed by atoms with Gasteiger partial charge in [-0.3, -0.25) is 0 Å². The van der Waals surface area contributed by atoms with Gasteiger partial charge in [-0.05, 0) is 12.8 Å². The highest BCUT2D eigenvalue weighted by atomic mass is 35.5. The van der Waals surface area contributed by atoms with E-state index in [-0.39, 0.29) is 17.1 Å². The summed E-state index contributed by atoms with van der Waals surface area (Å²) in [4.78, 5) is 5.83. The van der Waals surface area contributed by atoms with E-state index in [1.165, 1.54) is 4.90 Å². The lowest BCUT2D eigenvalue weighted by molar-refractivity contribution is -0.120. The molecule has 8 heteroatoms. The molecule has 17 heavy (non-hydrogen) atoms. The molecule has 0 atom stereocenters. The molecule has 1 fully saturated rings. The van der Waals surface area contributed by atoms with Crippen molar-refractivity contribution in [2.75, 3.05) is 11.4 Å². The molecule has 0 aromatic carbocycles. The second-order valence-corrected chi connectivity index (χ2v) is 5.51. The van der Waals surface area contributed by atoms with Gasteiger partial charge in [0, 0.05) is 6.04 Å². The molecule has 0 bridgehead atoms. The molecule has 2 rings (SSSR count). The van der Waals surface area contributed by atoms with Crippen molar-refractivity contribution < 1.29 is 13.2 Å². The number of anilines is 1. The molecule has 0 spiro atoms. The molecule has 0 radical (unpaired) electrons. The van der Waals surface area contributed by atoms with Gasteiger partial charge >= 0.3 is 6.18 Å². The van der Waals surface area contributed by atoms with Gasteiger partial charge in [-0.1, -0.05) is 22.9 Å². The van der Waals surface area contributed by atoms with E-state index in [1.807, 2.05) is 0 Å². The van der Waals surface area contributed by atoms with E-state index in [9.17, 15) is 13.2 Å². The molecule has 2 nitrogen and oxygen atoms in total. The van der Waals surface area contributed by atoms with E-state index in [0.717, 1.165) is 24.2 Å². The number of hydrogen-bond acceptors (Lipinski definition) is 3. The molecule has 0 saturated heterocycles. The Morgan fingerprint density at radius 3 is 2.47 bits per heavy atom. The first-order valence-electron chi connectivity index (χ1n) is 4.95. The Labute approximate surface area is 110 Å². The van der Waals surface area contributed by atoms with Crippen molar-refractivity contribution in [2.45, 2.75) is 30.9 Å². The summed E-state index contributed by atoms with van der Waals surface area (Å²) >= 11 is 12.5. The zero-order valence-corrected chi connectivity index (χ0v) is 10.9. The lowest BCUT2D eigenvalue weighted by atomic mass is 10.5. The first kappa shape index (κ1) is 13.2. The number of halogens is 5. The quantitative estimate of drug-likeness (QED) is 0.780. The molecular weight excluding hydrogens is 296 g/mol. The van der Waals surface area contributed by atoms with Crippen LogP contribution in [0.3, 0.4) is 0 Å². The van der Waals surface area contributed by atoms with Crippen LogP contribution < -0.4 is 4.90 Å². The summed E-state index contributed by atoms with van der Waals surface area (Å²) in [6.07, 6.45) is -2.70. The molecule has 1 aromatic rings. The van der Waals surface area contributed by atoms with Crippen LogP contribution in [0, 0.1) is 0 Å². The third-order valence-electron chi connectivity index (χ3n) is 2.34. The highest BCUT2D eigenvalue weighted by Crippen LogP contribution is 2.38. The van der Waals surface area contributed by atoms with Crippen molar-refractivity contribution >= 4 is 39.7 Å². The fraction of sp³-hybridized carbons (Fsp3) is 0.667. The van der Waals surface area contributed by atoms with Gasteiger partial charge in [-0.2, -0.15) is 13.2 Å². The van der Waals surface area contributed by atoms with Crippen molar-refractivity contribution in [3.05, 3.63) is 10.0 Å². The molecular formula is C9H9Cl2F3N2S. The molecule has 0 aliphatic heterocycles. The monoisotopic (exact) mass is 304 g/mol. The van der Waals surface area contributed by atoms with Crippen molar-refractivity contribution in [3.63, 3.8) is 0 Å². The smallest absolute Gasteiger partial charge is 0.336 e. The Morgan fingerprint density at radius 1 is 1.41 bits per heavy atom. The van der Waals surface area contributed by atoms with Gasteiger partial charge in [0.25, 0.3) is 0 Å². The van der Waals surface area contributed by atoms with Gasteiger partial charge < -0.3 is 4.90 Å². The number of nitrogens with zero attached hydrogens (tertiary/aromatic N) is 2. The fourth-order valence-electron chi connectivity index (χ4n) is 1.46. The Balaban J connectivity index is 2.20. The van der Waals surface area contributed by atoms with Crippen molar-refractivity contribution in [2.24, 2.45) is 0 Å². The topological polar surface area (TPSA) is 16.1 Å². The number of hydrogen-bond donors (Lipinski definition) is 0. The Kier molecular flexibility index (Phi) is 3.75. The van der Waals surface area contributed by atoms with Gasteiger partial charge in [-0.15, -0.1) is 11.6 Å². The summed E-state index contributed by atoms with van der Waals surface area (Å²) in [6, 6.07) is -0.0676. The van der Waals surface area contributed by atoms with Gasteiger partial charge in [0.15, 0.2) is 5.13 Å². The predicted octanol–water partition coefficient (Wildman–Crippen LogP) is 4.07. The van der Waals surface area contributed by atoms with Crippen molar-refractivity contribution in [3.8, 4) is 0 Å². The summed E-state index contributed by atoms with van der Waals surface area (Å²) < 4.78 is 37.3. The van der Waals surface area contributed by atoms with E-state index in [4.69, 9.17) is 23.2 Å². The van der Waals surface area contributed by atoms with E-state index in [1.54, 1.807) is 0 Å². The van der Waals surface area contributed by atoms with Crippen LogP contribution in [0.5, 0.6) is 0 Å². The molecule has 1 aliphatic carbocycles. The Morgan fingerprint density at radius 2 is 2.06 bits per heavy atom. The molecule has 0 unspecified atom stereocenters. The lowest BCUT2D eigenvalue weighted by Gasteiger charge is -2.22. The van der Waals surface area contributed by atoms with E-state index in [2.05, 4.69) is 4.98 Å². The van der Waals surface area contributed by atoms with Gasteiger partial charge in [0.2, 0.25) is 0 Å². The molecule has 1 heterocycles. The first-order valence-corrected chi connectivity index (χ1v) is 6.68. The van der Waals surface area contributed by atoms with Crippen LogP contribution in [0.4, 0.5) is 18.3 Å². The van der Waals surface area contributed by atoms with Crippen molar-refractivity contribution in [1.29, 1.82) is 0 Å². The average molecular weight is 305 g/mol. The van der Waals surface area contributed by atoms with E-state index < -0.39 is 12.7 Å². The Bertz CT molecular complexity index is 403. The molecule has 1 aromatic heterocycles. The summed E-state index contributed by atoms with van der Waals surface area (Å²) in [5.41, 5.74) is 0. The summed E-state index contributed by atoms with van der Waals surface area (Å²) in [6.45, 7) is -0.983. The zero-order chi connectivity index (χ0) is 12.6. The van der Waals surface area contributed by atoms with Crippen LogP contribution in [0.25, 0.3) is 0 Å². The average Bonchev–Trinajstić information content (AvgIpc) is 2.97. The summed E-state index contributed by atoms with van der Waals surface area (Å²) in [5.74, 6) is 0.168. The fourth-order valence-corrected chi connectivity index (χ4v) is 3.00. The number of thiazole rings is 1. The second-order valence-electron chi connectivity index (χ2n) is 3.82. The van der Waals surface area contributed by atoms with Crippen LogP contribution >= 0.6 is 34.5 Å². The normalized spacial score (nSPS) is 16.3. The number of aromatic nitrogens is 1. The maximum absolute atomic E-state index is 12.4. The van der Waals surface area contributed by atoms with Gasteiger partial charge in [0.1, 0.15) is 11.7 Å². The third kappa shape index (κ3) is 3.39. The molecule has 0 N–H and O–H groups in total. The van der Waals surface area contributed by atoms with Gasteiger partial charge in [-0.25, -0.2) is 4.98 Å². The van der Waals surface area contributed by atoms with Gasteiger partial charge in [0.05, 0.1) is 10.8 Å². The minimum Gasteiger partial charge on any atom is -0.336 e. The minimum atomic E-state index is -4.23. The largest absolute Gasteiger partial charge is 0.406 e. The second kappa shape index (κ2) is 4.82. The highest BCUT2D eigenvalue weighted by Gasteiger charge is 2.39. The maximum atomic E-state index is 12.4. The first-order chi connectivity index (χ1) is 7.90. The minimum absolute atomic E-state index is 0.0676. The molecule has 0 amide bonds. The lowest BCUT2D eigenvalue weighted by Crippen LogP contribution is -2.35. The maximum Gasteiger partial charge on any atom is 0.406 e. The van der Waals surface area contributed by atoms with E-state index >= 15 is 0 Å². The zero-order valence-electron chi connectivity index (χ0n) is 8.60. The summed E-state index contributed by atoms with van der Waals surface area (Å²) in [7, 11) is 0. The van der Waals surface area contributed by atoms with Crippen molar-refractivity contribution in [1.82, 2.24) is 4.98 Å². The van der Waals surface area contributed by atoms with Crippen LogP contribution in [0.2, 0.25) is 5.15 Å². The standard InChI is InChI=1S/C9H9Cl2F3N2S/c10-3-6-7(11)15-8(17-6)16(5-1-2-5)4-9(12,13)14/h5H,1-4H2. The van der Waals surface area contributed by atoms with Crippen LogP contribution in [0.1, 0.15) is 17.7 Å². The molecule has 1 aliphatic rings. The third-order valence-corrected chi connectivity index (χ3v) is 4.29. The number of alkyl halides is 4. The molecule has 96 valence electrons. The Hall–Kier alpha value is -0.200. The number of rotatable bonds is 4. The van der Waals surface area contributed by atoms with Crippen LogP contribution in [-0.4, -0.2) is 23.7 Å².